The van der Waals surface area contributed by atoms with Crippen molar-refractivity contribution in [2.24, 2.45) is 5.92 Å². The zero-order valence-electron chi connectivity index (χ0n) is 23.3. The average Bonchev–Trinajstić information content (AvgIpc) is 2.93. The molecule has 0 spiro atoms. The van der Waals surface area contributed by atoms with Crippen LogP contribution in [0.15, 0.2) is 48.5 Å². The monoisotopic (exact) mass is 519 g/mol. The summed E-state index contributed by atoms with van der Waals surface area (Å²) in [6.45, 7) is 8.15. The third-order valence-electron chi connectivity index (χ3n) is 7.74. The minimum absolute atomic E-state index is 0.0539. The van der Waals surface area contributed by atoms with E-state index in [0.29, 0.717) is 37.7 Å². The van der Waals surface area contributed by atoms with Gasteiger partial charge in [-0.05, 0) is 81.5 Å². The highest BCUT2D eigenvalue weighted by molar-refractivity contribution is 5.96. The van der Waals surface area contributed by atoms with Crippen LogP contribution in [-0.2, 0) is 17.8 Å². The van der Waals surface area contributed by atoms with E-state index in [1.807, 2.05) is 24.3 Å². The summed E-state index contributed by atoms with van der Waals surface area (Å²) in [7, 11) is 0. The summed E-state index contributed by atoms with van der Waals surface area (Å²) in [5, 5.41) is 3.08. The Morgan fingerprint density at radius 3 is 2.66 bits per heavy atom. The molecule has 2 aliphatic heterocycles. The van der Waals surface area contributed by atoms with Gasteiger partial charge in [-0.15, -0.1) is 0 Å². The van der Waals surface area contributed by atoms with Crippen molar-refractivity contribution in [3.05, 3.63) is 65.2 Å². The minimum Gasteiger partial charge on any atom is -0.493 e. The number of ether oxygens (including phenoxy) is 1. The van der Waals surface area contributed by atoms with E-state index in [1.165, 1.54) is 5.56 Å². The normalized spacial score (nSPS) is 19.9. The molecule has 0 bridgehead atoms. The van der Waals surface area contributed by atoms with Crippen LogP contribution >= 0.6 is 0 Å². The van der Waals surface area contributed by atoms with E-state index in [4.69, 9.17) is 4.74 Å². The standard InChI is InChI=1S/C32H45N3O3/c1-25(2)17-20-34-23-29-28(15-11-16-30(29)38-21-10-4-8-18-33-31(36)24-34)32(37)35-19-9-7-14-27(35)22-26-12-5-3-6-13-26/h3,5-6,11-13,15-16,25,27H,4,7-10,14,17-24H2,1-2H3,(H,33,36). The Morgan fingerprint density at radius 1 is 1.00 bits per heavy atom. The van der Waals surface area contributed by atoms with Crippen LogP contribution in [0.5, 0.6) is 5.75 Å². The number of benzene rings is 2. The maximum atomic E-state index is 14.2. The highest BCUT2D eigenvalue weighted by Gasteiger charge is 2.30. The van der Waals surface area contributed by atoms with Gasteiger partial charge in [0.05, 0.1) is 13.2 Å². The van der Waals surface area contributed by atoms with Crippen LogP contribution in [0.2, 0.25) is 0 Å². The first-order chi connectivity index (χ1) is 18.5. The molecule has 1 fully saturated rings. The molecular weight excluding hydrogens is 474 g/mol. The molecule has 0 aromatic heterocycles. The number of fused-ring (bicyclic) bond motifs is 1. The van der Waals surface area contributed by atoms with Crippen molar-refractivity contribution < 1.29 is 14.3 Å². The molecule has 2 heterocycles. The second-order valence-electron chi connectivity index (χ2n) is 11.3. The number of carbonyl (C=O) groups is 2. The zero-order chi connectivity index (χ0) is 26.7. The van der Waals surface area contributed by atoms with Crippen LogP contribution in [0.1, 0.15) is 80.3 Å². The van der Waals surface area contributed by atoms with Gasteiger partial charge in [0.2, 0.25) is 5.91 Å². The van der Waals surface area contributed by atoms with Crippen LogP contribution in [-0.4, -0.2) is 60.4 Å². The highest BCUT2D eigenvalue weighted by Crippen LogP contribution is 2.29. The lowest BCUT2D eigenvalue weighted by molar-refractivity contribution is -0.122. The molecule has 2 aromatic rings. The molecule has 1 N–H and O–H groups in total. The number of hydrogen-bond donors (Lipinski definition) is 1. The molecule has 2 aliphatic rings. The van der Waals surface area contributed by atoms with Gasteiger partial charge in [-0.2, -0.15) is 0 Å². The van der Waals surface area contributed by atoms with Crippen LogP contribution in [0, 0.1) is 5.92 Å². The molecule has 0 saturated carbocycles. The maximum absolute atomic E-state index is 14.2. The zero-order valence-corrected chi connectivity index (χ0v) is 23.3. The molecule has 206 valence electrons. The summed E-state index contributed by atoms with van der Waals surface area (Å²) in [4.78, 5) is 31.3. The van der Waals surface area contributed by atoms with Crippen LogP contribution in [0.3, 0.4) is 0 Å². The molecule has 1 unspecified atom stereocenters. The van der Waals surface area contributed by atoms with Crippen molar-refractivity contribution >= 4 is 11.8 Å². The lowest BCUT2D eigenvalue weighted by Crippen LogP contribution is -2.45. The summed E-state index contributed by atoms with van der Waals surface area (Å²) in [6, 6.07) is 16.6. The predicted molar refractivity (Wildman–Crippen MR) is 152 cm³/mol. The van der Waals surface area contributed by atoms with Crippen LogP contribution in [0.25, 0.3) is 0 Å². The SMILES string of the molecule is CC(C)CCN1CC(=O)NCCCCCOc2cccc(C(=O)N3CCCCC3Cc3ccccc3)c2C1. The minimum atomic E-state index is 0.0539. The predicted octanol–water partition coefficient (Wildman–Crippen LogP) is 5.45. The van der Waals surface area contributed by atoms with Gasteiger partial charge in [0.25, 0.3) is 5.91 Å². The topological polar surface area (TPSA) is 61.9 Å². The second-order valence-corrected chi connectivity index (χ2v) is 11.3. The summed E-state index contributed by atoms with van der Waals surface area (Å²) >= 11 is 0. The molecule has 2 amide bonds. The Hall–Kier alpha value is -2.86. The van der Waals surface area contributed by atoms with Gasteiger partial charge in [-0.25, -0.2) is 0 Å². The van der Waals surface area contributed by atoms with E-state index in [2.05, 4.69) is 53.2 Å². The van der Waals surface area contributed by atoms with Gasteiger partial charge in [-0.3, -0.25) is 14.5 Å². The quantitative estimate of drug-likeness (QED) is 0.551. The molecule has 1 atom stereocenters. The average molecular weight is 520 g/mol. The number of hydrogen-bond acceptors (Lipinski definition) is 4. The third-order valence-corrected chi connectivity index (χ3v) is 7.74. The molecule has 2 aromatic carbocycles. The van der Waals surface area contributed by atoms with Crippen molar-refractivity contribution in [1.29, 1.82) is 0 Å². The van der Waals surface area contributed by atoms with Crippen LogP contribution < -0.4 is 10.1 Å². The second kappa shape index (κ2) is 14.3. The number of nitrogens with one attached hydrogen (secondary N) is 1. The number of likely N-dealkylation sites (tertiary alicyclic amines) is 1. The highest BCUT2D eigenvalue weighted by atomic mass is 16.5. The lowest BCUT2D eigenvalue weighted by Gasteiger charge is -2.37. The molecule has 4 rings (SSSR count). The van der Waals surface area contributed by atoms with Crippen molar-refractivity contribution in [1.82, 2.24) is 15.1 Å². The van der Waals surface area contributed by atoms with Gasteiger partial charge in [-0.1, -0.05) is 50.2 Å². The Balaban J connectivity index is 1.64. The molecule has 38 heavy (non-hydrogen) atoms. The summed E-state index contributed by atoms with van der Waals surface area (Å²) in [5.74, 6) is 1.45. The third kappa shape index (κ3) is 8.07. The van der Waals surface area contributed by atoms with E-state index >= 15 is 0 Å². The van der Waals surface area contributed by atoms with E-state index in [1.54, 1.807) is 0 Å². The van der Waals surface area contributed by atoms with Gasteiger partial charge in [0, 0.05) is 36.8 Å². The van der Waals surface area contributed by atoms with E-state index in [-0.39, 0.29) is 17.9 Å². The molecular formula is C32H45N3O3. The Kier molecular flexibility index (Phi) is 10.6. The van der Waals surface area contributed by atoms with Crippen molar-refractivity contribution in [2.75, 3.05) is 32.8 Å². The number of carbonyl (C=O) groups excluding carboxylic acids is 2. The van der Waals surface area contributed by atoms with E-state index < -0.39 is 0 Å². The molecule has 0 radical (unpaired) electrons. The summed E-state index contributed by atoms with van der Waals surface area (Å²) in [6.07, 6.45) is 7.94. The molecule has 6 nitrogen and oxygen atoms in total. The van der Waals surface area contributed by atoms with Gasteiger partial charge in [0.15, 0.2) is 0 Å². The smallest absolute Gasteiger partial charge is 0.254 e. The fraction of sp³-hybridized carbons (Fsp3) is 0.562. The number of amides is 2. The number of nitrogens with zero attached hydrogens (tertiary/aromatic N) is 2. The van der Waals surface area contributed by atoms with Gasteiger partial charge in [0.1, 0.15) is 5.75 Å². The van der Waals surface area contributed by atoms with Gasteiger partial charge >= 0.3 is 0 Å². The number of piperidine rings is 1. The largest absolute Gasteiger partial charge is 0.493 e. The van der Waals surface area contributed by atoms with Gasteiger partial charge < -0.3 is 15.0 Å². The summed E-state index contributed by atoms with van der Waals surface area (Å²) in [5.41, 5.74) is 2.90. The van der Waals surface area contributed by atoms with Crippen LogP contribution in [0.4, 0.5) is 0 Å². The lowest BCUT2D eigenvalue weighted by atomic mass is 9.94. The fourth-order valence-corrected chi connectivity index (χ4v) is 5.54. The Morgan fingerprint density at radius 2 is 1.84 bits per heavy atom. The first-order valence-electron chi connectivity index (χ1n) is 14.6. The fourth-order valence-electron chi connectivity index (χ4n) is 5.54. The first-order valence-corrected chi connectivity index (χ1v) is 14.6. The first kappa shape index (κ1) is 28.2. The number of rotatable bonds is 6. The molecule has 6 heteroatoms. The van der Waals surface area contributed by atoms with E-state index in [0.717, 1.165) is 75.8 Å². The Bertz CT molecular complexity index is 1040. The van der Waals surface area contributed by atoms with E-state index in [9.17, 15) is 9.59 Å². The molecule has 1 saturated heterocycles. The summed E-state index contributed by atoms with van der Waals surface area (Å²) < 4.78 is 6.30. The Labute approximate surface area is 228 Å². The van der Waals surface area contributed by atoms with Crippen molar-refractivity contribution in [3.63, 3.8) is 0 Å². The molecule has 0 aliphatic carbocycles. The maximum Gasteiger partial charge on any atom is 0.254 e. The van der Waals surface area contributed by atoms with Crippen molar-refractivity contribution in [3.8, 4) is 5.75 Å². The van der Waals surface area contributed by atoms with Crippen molar-refractivity contribution in [2.45, 2.75) is 77.8 Å².